The molecule has 2 nitrogen and oxygen atoms in total. The van der Waals surface area contributed by atoms with Gasteiger partial charge in [0.05, 0.1) is 0 Å². The van der Waals surface area contributed by atoms with Gasteiger partial charge >= 0.3 is 0 Å². The number of nitrogens with zero attached hydrogens (tertiary/aromatic N) is 2. The third-order valence-electron chi connectivity index (χ3n) is 1.45. The summed E-state index contributed by atoms with van der Waals surface area (Å²) in [5, 5.41) is 2.98. The van der Waals surface area contributed by atoms with Crippen LogP contribution in [0.2, 0.25) is 0 Å². The first-order chi connectivity index (χ1) is 5.33. The fraction of sp³-hybridized carbons (Fsp3) is 0.400. The van der Waals surface area contributed by atoms with E-state index in [2.05, 4.69) is 4.99 Å². The van der Waals surface area contributed by atoms with Gasteiger partial charge in [0, 0.05) is 6.20 Å². The largest absolute Gasteiger partial charge is 0.310 e. The van der Waals surface area contributed by atoms with Crippen molar-refractivity contribution >= 4 is 50.2 Å². The molecule has 2 atom stereocenters. The second-order valence-electron chi connectivity index (χ2n) is 2.07. The molecule has 0 saturated carbocycles. The second-order valence-corrected chi connectivity index (χ2v) is 4.59. The average molecular weight is 227 g/mol. The highest BCUT2D eigenvalue weighted by Crippen LogP contribution is 2.38. The predicted molar refractivity (Wildman–Crippen MR) is 52.9 cm³/mol. The number of halogens is 2. The van der Waals surface area contributed by atoms with E-state index in [-0.39, 0.29) is 10.9 Å². The molecule has 11 heavy (non-hydrogen) atoms. The number of fused-ring (bicyclic) bond motifs is 1. The lowest BCUT2D eigenvalue weighted by molar-refractivity contribution is 0.565. The second kappa shape index (κ2) is 3.09. The van der Waals surface area contributed by atoms with Crippen molar-refractivity contribution in [3.8, 4) is 0 Å². The van der Waals surface area contributed by atoms with Gasteiger partial charge in [-0.3, -0.25) is 0 Å². The van der Waals surface area contributed by atoms with Crippen molar-refractivity contribution < 1.29 is 0 Å². The van der Waals surface area contributed by atoms with Crippen LogP contribution < -0.4 is 0 Å². The van der Waals surface area contributed by atoms with E-state index in [9.17, 15) is 0 Å². The minimum Gasteiger partial charge on any atom is -0.310 e. The molecule has 60 valence electrons. The Bertz CT molecular complexity index is 231. The molecular weight excluding hydrogens is 223 g/mol. The van der Waals surface area contributed by atoms with Crippen LogP contribution in [0.5, 0.6) is 0 Å². The van der Waals surface area contributed by atoms with Gasteiger partial charge in [-0.2, -0.15) is 0 Å². The normalized spacial score (nSPS) is 34.4. The molecule has 6 heteroatoms. The van der Waals surface area contributed by atoms with Gasteiger partial charge in [-0.15, -0.1) is 0 Å². The van der Waals surface area contributed by atoms with Gasteiger partial charge < -0.3 is 4.90 Å². The Kier molecular flexibility index (Phi) is 2.28. The Morgan fingerprint density at radius 2 is 2.55 bits per heavy atom. The van der Waals surface area contributed by atoms with E-state index in [1.807, 2.05) is 16.5 Å². The summed E-state index contributed by atoms with van der Waals surface area (Å²) in [5.74, 6) is 0. The standard InChI is InChI=1S/C5H4Cl2N2S2/c6-3-4(11-7)9-1-2-10-5(9)8-3/h1-4H. The smallest absolute Gasteiger partial charge is 0.170 e. The fourth-order valence-electron chi connectivity index (χ4n) is 0.959. The van der Waals surface area contributed by atoms with Gasteiger partial charge in [-0.25, -0.2) is 4.99 Å². The topological polar surface area (TPSA) is 15.6 Å². The van der Waals surface area contributed by atoms with Crippen molar-refractivity contribution in [3.63, 3.8) is 0 Å². The molecule has 2 unspecified atom stereocenters. The molecule has 2 rings (SSSR count). The lowest BCUT2D eigenvalue weighted by atomic mass is 10.6. The van der Waals surface area contributed by atoms with Crippen molar-refractivity contribution in [2.45, 2.75) is 10.9 Å². The lowest BCUT2D eigenvalue weighted by Crippen LogP contribution is -2.27. The Balaban J connectivity index is 2.21. The number of hydrogen-bond acceptors (Lipinski definition) is 4. The first-order valence-electron chi connectivity index (χ1n) is 2.94. The van der Waals surface area contributed by atoms with Gasteiger partial charge in [-0.05, 0) is 27.1 Å². The summed E-state index contributed by atoms with van der Waals surface area (Å²) in [6, 6.07) is 0. The summed E-state index contributed by atoms with van der Waals surface area (Å²) in [5.41, 5.74) is -0.218. The molecule has 0 N–H and O–H groups in total. The van der Waals surface area contributed by atoms with Crippen LogP contribution >= 0.6 is 45.0 Å². The number of rotatable bonds is 1. The molecule has 0 aromatic carbocycles. The maximum atomic E-state index is 5.90. The zero-order chi connectivity index (χ0) is 7.84. The first-order valence-corrected chi connectivity index (χ1v) is 5.96. The highest BCUT2D eigenvalue weighted by atomic mass is 35.7. The van der Waals surface area contributed by atoms with Crippen molar-refractivity contribution in [2.24, 2.45) is 4.99 Å². The van der Waals surface area contributed by atoms with Crippen LogP contribution in [0.25, 0.3) is 0 Å². The van der Waals surface area contributed by atoms with E-state index in [1.165, 1.54) is 11.0 Å². The summed E-state index contributed by atoms with van der Waals surface area (Å²) in [6.07, 6.45) is 1.95. The van der Waals surface area contributed by atoms with Crippen molar-refractivity contribution in [3.05, 3.63) is 11.6 Å². The third-order valence-corrected chi connectivity index (χ3v) is 3.94. The highest BCUT2D eigenvalue weighted by molar-refractivity contribution is 8.22. The van der Waals surface area contributed by atoms with E-state index >= 15 is 0 Å². The van der Waals surface area contributed by atoms with Crippen LogP contribution in [0, 0.1) is 0 Å². The van der Waals surface area contributed by atoms with E-state index < -0.39 is 0 Å². The number of alkyl halides is 1. The summed E-state index contributed by atoms with van der Waals surface area (Å²) in [6.45, 7) is 0. The Labute approximate surface area is 82.5 Å². The number of hydrogen-bond donors (Lipinski definition) is 0. The zero-order valence-corrected chi connectivity index (χ0v) is 8.42. The Hall–Kier alpha value is 0.490. The quantitative estimate of drug-likeness (QED) is 0.506. The zero-order valence-electron chi connectivity index (χ0n) is 5.28. The molecule has 2 heterocycles. The van der Waals surface area contributed by atoms with E-state index in [1.54, 1.807) is 11.8 Å². The van der Waals surface area contributed by atoms with Crippen LogP contribution in [0.1, 0.15) is 0 Å². The minimum absolute atomic E-state index is 0.0552. The molecule has 0 amide bonds. The maximum absolute atomic E-state index is 5.90. The van der Waals surface area contributed by atoms with Gasteiger partial charge in [0.25, 0.3) is 0 Å². The first kappa shape index (κ1) is 8.10. The maximum Gasteiger partial charge on any atom is 0.170 e. The molecule has 0 aliphatic carbocycles. The molecule has 0 spiro atoms. The summed E-state index contributed by atoms with van der Waals surface area (Å²) in [7, 11) is 6.85. The van der Waals surface area contributed by atoms with Crippen LogP contribution in [0.15, 0.2) is 16.6 Å². The van der Waals surface area contributed by atoms with Gasteiger partial charge in [0.2, 0.25) is 0 Å². The Morgan fingerprint density at radius 3 is 3.27 bits per heavy atom. The molecule has 2 aliphatic heterocycles. The molecule has 0 aromatic heterocycles. The minimum atomic E-state index is -0.218. The van der Waals surface area contributed by atoms with E-state index in [4.69, 9.17) is 22.3 Å². The monoisotopic (exact) mass is 226 g/mol. The molecule has 0 aromatic rings. The molecule has 0 saturated heterocycles. The van der Waals surface area contributed by atoms with Crippen molar-refractivity contribution in [1.29, 1.82) is 0 Å². The molecule has 0 bridgehead atoms. The van der Waals surface area contributed by atoms with Crippen LogP contribution in [-0.2, 0) is 0 Å². The summed E-state index contributed by atoms with van der Waals surface area (Å²) >= 11 is 7.47. The number of amidine groups is 1. The Morgan fingerprint density at radius 1 is 1.73 bits per heavy atom. The van der Waals surface area contributed by atoms with Crippen molar-refractivity contribution in [2.75, 3.05) is 0 Å². The molecule has 2 aliphatic rings. The van der Waals surface area contributed by atoms with Gasteiger partial charge in [0.15, 0.2) is 10.7 Å². The van der Waals surface area contributed by atoms with E-state index in [0.717, 1.165) is 5.17 Å². The number of thioether (sulfide) groups is 1. The predicted octanol–water partition coefficient (Wildman–Crippen LogP) is 2.65. The number of aliphatic imine (C=N–C) groups is 1. The van der Waals surface area contributed by atoms with Crippen LogP contribution in [0.3, 0.4) is 0 Å². The van der Waals surface area contributed by atoms with Crippen molar-refractivity contribution in [1.82, 2.24) is 4.90 Å². The SMILES string of the molecule is ClSC1C(Cl)N=C2SC=CN21. The molecule has 0 radical (unpaired) electrons. The summed E-state index contributed by atoms with van der Waals surface area (Å²) in [4.78, 5) is 6.19. The highest BCUT2D eigenvalue weighted by Gasteiger charge is 2.36. The van der Waals surface area contributed by atoms with E-state index in [0.29, 0.717) is 0 Å². The van der Waals surface area contributed by atoms with Gasteiger partial charge in [-0.1, -0.05) is 23.4 Å². The summed E-state index contributed by atoms with van der Waals surface area (Å²) < 4.78 is 0. The lowest BCUT2D eigenvalue weighted by Gasteiger charge is -2.17. The average Bonchev–Trinajstić information content (AvgIpc) is 2.46. The van der Waals surface area contributed by atoms with Crippen LogP contribution in [-0.4, -0.2) is 20.9 Å². The molecular formula is C5H4Cl2N2S2. The van der Waals surface area contributed by atoms with Gasteiger partial charge in [0.1, 0.15) is 5.37 Å². The fourth-order valence-corrected chi connectivity index (χ4v) is 3.35. The van der Waals surface area contributed by atoms with Crippen LogP contribution in [0.4, 0.5) is 0 Å². The third kappa shape index (κ3) is 1.26. The molecule has 0 fully saturated rings.